The standard InChI is InChI=1S/C18H19N5OS/c1-12-7-6-10-15(13(12)2)20-16(24)11-25-18-22-21-17(19)23(18)14-8-4-3-5-9-14/h3-10H,11H2,1-2H3,(H2,19,21)(H,20,24). The molecule has 1 heterocycles. The molecular weight excluding hydrogens is 334 g/mol. The highest BCUT2D eigenvalue weighted by atomic mass is 32.2. The topological polar surface area (TPSA) is 85.8 Å². The average molecular weight is 353 g/mol. The summed E-state index contributed by atoms with van der Waals surface area (Å²) in [6.45, 7) is 4.01. The summed E-state index contributed by atoms with van der Waals surface area (Å²) < 4.78 is 1.73. The summed E-state index contributed by atoms with van der Waals surface area (Å²) in [5.74, 6) is 0.418. The van der Waals surface area contributed by atoms with Crippen molar-refractivity contribution in [2.45, 2.75) is 19.0 Å². The van der Waals surface area contributed by atoms with E-state index in [4.69, 9.17) is 5.73 Å². The molecule has 7 heteroatoms. The van der Waals surface area contributed by atoms with Gasteiger partial charge in [0.05, 0.1) is 11.4 Å². The Morgan fingerprint density at radius 2 is 1.88 bits per heavy atom. The highest BCUT2D eigenvalue weighted by Crippen LogP contribution is 2.24. The second-order valence-electron chi connectivity index (χ2n) is 5.60. The molecule has 2 aromatic carbocycles. The van der Waals surface area contributed by atoms with Crippen molar-refractivity contribution in [1.29, 1.82) is 0 Å². The van der Waals surface area contributed by atoms with Gasteiger partial charge < -0.3 is 11.1 Å². The van der Waals surface area contributed by atoms with Crippen LogP contribution >= 0.6 is 11.8 Å². The molecule has 128 valence electrons. The van der Waals surface area contributed by atoms with Crippen molar-refractivity contribution in [3.63, 3.8) is 0 Å². The van der Waals surface area contributed by atoms with Gasteiger partial charge in [-0.05, 0) is 43.2 Å². The van der Waals surface area contributed by atoms with Crippen LogP contribution in [0.3, 0.4) is 0 Å². The Balaban J connectivity index is 1.70. The smallest absolute Gasteiger partial charge is 0.234 e. The molecule has 0 atom stereocenters. The number of para-hydroxylation sites is 1. The maximum absolute atomic E-state index is 12.3. The number of rotatable bonds is 5. The zero-order chi connectivity index (χ0) is 17.8. The number of aryl methyl sites for hydroxylation is 1. The average Bonchev–Trinajstić information content (AvgIpc) is 2.98. The molecule has 6 nitrogen and oxygen atoms in total. The van der Waals surface area contributed by atoms with E-state index < -0.39 is 0 Å². The lowest BCUT2D eigenvalue weighted by Gasteiger charge is -2.10. The molecule has 0 fully saturated rings. The molecule has 0 radical (unpaired) electrons. The fourth-order valence-electron chi connectivity index (χ4n) is 2.40. The second-order valence-corrected chi connectivity index (χ2v) is 6.54. The van der Waals surface area contributed by atoms with Gasteiger partial charge in [0.15, 0.2) is 5.16 Å². The van der Waals surface area contributed by atoms with Crippen LogP contribution in [0.25, 0.3) is 5.69 Å². The molecule has 1 aromatic heterocycles. The molecule has 0 aliphatic rings. The highest BCUT2D eigenvalue weighted by Gasteiger charge is 2.14. The number of hydrogen-bond donors (Lipinski definition) is 2. The molecular formula is C18H19N5OS. The Labute approximate surface area is 150 Å². The highest BCUT2D eigenvalue weighted by molar-refractivity contribution is 7.99. The Hall–Kier alpha value is -2.80. The first-order chi connectivity index (χ1) is 12.1. The second kappa shape index (κ2) is 7.40. The molecule has 0 saturated carbocycles. The van der Waals surface area contributed by atoms with Gasteiger partial charge in [-0.25, -0.2) is 0 Å². The normalized spacial score (nSPS) is 10.6. The summed E-state index contributed by atoms with van der Waals surface area (Å²) in [6, 6.07) is 15.4. The molecule has 0 spiro atoms. The third-order valence-corrected chi connectivity index (χ3v) is 4.81. The molecule has 1 amide bonds. The maximum atomic E-state index is 12.3. The van der Waals surface area contributed by atoms with E-state index in [1.807, 2.05) is 62.4 Å². The van der Waals surface area contributed by atoms with E-state index in [-0.39, 0.29) is 11.7 Å². The van der Waals surface area contributed by atoms with Crippen LogP contribution in [-0.2, 0) is 4.79 Å². The number of benzene rings is 2. The molecule has 0 unspecified atom stereocenters. The molecule has 3 aromatic rings. The lowest BCUT2D eigenvalue weighted by Crippen LogP contribution is -2.15. The zero-order valence-corrected chi connectivity index (χ0v) is 14.9. The Bertz CT molecular complexity index is 892. The van der Waals surface area contributed by atoms with Crippen LogP contribution in [0.4, 0.5) is 11.6 Å². The lowest BCUT2D eigenvalue weighted by molar-refractivity contribution is -0.113. The van der Waals surface area contributed by atoms with Gasteiger partial charge in [-0.3, -0.25) is 9.36 Å². The van der Waals surface area contributed by atoms with Crippen LogP contribution in [0.5, 0.6) is 0 Å². The van der Waals surface area contributed by atoms with Crippen LogP contribution in [0.1, 0.15) is 11.1 Å². The summed E-state index contributed by atoms with van der Waals surface area (Å²) in [6.07, 6.45) is 0. The summed E-state index contributed by atoms with van der Waals surface area (Å²) >= 11 is 1.30. The first kappa shape index (κ1) is 17.0. The van der Waals surface area contributed by atoms with Crippen molar-refractivity contribution in [3.05, 3.63) is 59.7 Å². The summed E-state index contributed by atoms with van der Waals surface area (Å²) in [5, 5.41) is 11.5. The predicted molar refractivity (Wildman–Crippen MR) is 101 cm³/mol. The van der Waals surface area contributed by atoms with Crippen molar-refractivity contribution in [2.75, 3.05) is 16.8 Å². The van der Waals surface area contributed by atoms with Gasteiger partial charge in [0, 0.05) is 5.69 Å². The molecule has 0 saturated heterocycles. The molecule has 3 N–H and O–H groups in total. The largest absolute Gasteiger partial charge is 0.368 e. The number of anilines is 2. The SMILES string of the molecule is Cc1cccc(NC(=O)CSc2nnc(N)n2-c2ccccc2)c1C. The fraction of sp³-hybridized carbons (Fsp3) is 0.167. The van der Waals surface area contributed by atoms with E-state index in [2.05, 4.69) is 15.5 Å². The third-order valence-electron chi connectivity index (χ3n) is 3.88. The minimum atomic E-state index is -0.0973. The van der Waals surface area contributed by atoms with Crippen molar-refractivity contribution in [2.24, 2.45) is 0 Å². The van der Waals surface area contributed by atoms with Gasteiger partial charge >= 0.3 is 0 Å². The van der Waals surface area contributed by atoms with E-state index in [9.17, 15) is 4.79 Å². The molecule has 25 heavy (non-hydrogen) atoms. The summed E-state index contributed by atoms with van der Waals surface area (Å²) in [5.41, 5.74) is 9.82. The first-order valence-electron chi connectivity index (χ1n) is 7.81. The van der Waals surface area contributed by atoms with Crippen LogP contribution in [0, 0.1) is 13.8 Å². The number of hydrogen-bond acceptors (Lipinski definition) is 5. The van der Waals surface area contributed by atoms with E-state index >= 15 is 0 Å². The minimum absolute atomic E-state index is 0.0973. The maximum Gasteiger partial charge on any atom is 0.234 e. The molecule has 0 aliphatic carbocycles. The monoisotopic (exact) mass is 353 g/mol. The number of nitrogens with one attached hydrogen (secondary N) is 1. The van der Waals surface area contributed by atoms with Crippen LogP contribution in [-0.4, -0.2) is 26.4 Å². The predicted octanol–water partition coefficient (Wildman–Crippen LogP) is 3.20. The van der Waals surface area contributed by atoms with Crippen LogP contribution in [0.15, 0.2) is 53.7 Å². The lowest BCUT2D eigenvalue weighted by atomic mass is 10.1. The van der Waals surface area contributed by atoms with Crippen LogP contribution in [0.2, 0.25) is 0 Å². The molecule has 3 rings (SSSR count). The Kier molecular flexibility index (Phi) is 5.04. The van der Waals surface area contributed by atoms with E-state index in [0.29, 0.717) is 11.1 Å². The van der Waals surface area contributed by atoms with Crippen molar-refractivity contribution in [3.8, 4) is 5.69 Å². The Morgan fingerprint density at radius 1 is 1.12 bits per heavy atom. The van der Waals surface area contributed by atoms with Gasteiger partial charge in [-0.2, -0.15) is 0 Å². The number of aromatic nitrogens is 3. The van der Waals surface area contributed by atoms with Gasteiger partial charge in [0.2, 0.25) is 11.9 Å². The van der Waals surface area contributed by atoms with Gasteiger partial charge in [0.1, 0.15) is 0 Å². The number of thioether (sulfide) groups is 1. The third kappa shape index (κ3) is 3.83. The van der Waals surface area contributed by atoms with Crippen LogP contribution < -0.4 is 11.1 Å². The molecule has 0 bridgehead atoms. The van der Waals surface area contributed by atoms with Crippen molar-refractivity contribution in [1.82, 2.24) is 14.8 Å². The minimum Gasteiger partial charge on any atom is -0.368 e. The van der Waals surface area contributed by atoms with E-state index in [1.165, 1.54) is 11.8 Å². The number of nitrogen functional groups attached to an aromatic ring is 1. The first-order valence-corrected chi connectivity index (χ1v) is 8.80. The number of carbonyl (C=O) groups excluding carboxylic acids is 1. The Morgan fingerprint density at radius 3 is 2.64 bits per heavy atom. The molecule has 0 aliphatic heterocycles. The number of amides is 1. The number of carbonyl (C=O) groups is 1. The van der Waals surface area contributed by atoms with Gasteiger partial charge in [-0.15, -0.1) is 10.2 Å². The van der Waals surface area contributed by atoms with Crippen molar-refractivity contribution >= 4 is 29.3 Å². The number of nitrogens with two attached hydrogens (primary N) is 1. The van der Waals surface area contributed by atoms with Crippen molar-refractivity contribution < 1.29 is 4.79 Å². The summed E-state index contributed by atoms with van der Waals surface area (Å²) in [4.78, 5) is 12.3. The van der Waals surface area contributed by atoms with E-state index in [1.54, 1.807) is 4.57 Å². The van der Waals surface area contributed by atoms with Gasteiger partial charge in [-0.1, -0.05) is 42.1 Å². The zero-order valence-electron chi connectivity index (χ0n) is 14.1. The van der Waals surface area contributed by atoms with E-state index in [0.717, 1.165) is 22.5 Å². The fourth-order valence-corrected chi connectivity index (χ4v) is 3.16. The number of nitrogens with zero attached hydrogens (tertiary/aromatic N) is 3. The summed E-state index contributed by atoms with van der Waals surface area (Å²) in [7, 11) is 0. The quantitative estimate of drug-likeness (QED) is 0.688. The van der Waals surface area contributed by atoms with Gasteiger partial charge in [0.25, 0.3) is 0 Å².